The predicted octanol–water partition coefficient (Wildman–Crippen LogP) is 3.07. The highest BCUT2D eigenvalue weighted by atomic mass is 35.5. The van der Waals surface area contributed by atoms with Gasteiger partial charge in [-0.25, -0.2) is 0 Å². The molecule has 126 valence electrons. The maximum atomic E-state index is 12.8. The van der Waals surface area contributed by atoms with Crippen LogP contribution in [0.1, 0.15) is 35.7 Å². The van der Waals surface area contributed by atoms with Crippen LogP contribution in [0.4, 0.5) is 0 Å². The number of rotatable bonds is 4. The van der Waals surface area contributed by atoms with E-state index in [-0.39, 0.29) is 17.8 Å². The fourth-order valence-electron chi connectivity index (χ4n) is 2.91. The molecule has 1 aromatic rings. The lowest BCUT2D eigenvalue weighted by Crippen LogP contribution is -2.40. The molecule has 1 aliphatic heterocycles. The Bertz CT molecular complexity index is 595. The summed E-state index contributed by atoms with van der Waals surface area (Å²) in [6.45, 7) is 5.09. The summed E-state index contributed by atoms with van der Waals surface area (Å²) in [7, 11) is 1.54. The van der Waals surface area contributed by atoms with Gasteiger partial charge in [-0.2, -0.15) is 0 Å². The van der Waals surface area contributed by atoms with E-state index in [0.29, 0.717) is 48.9 Å². The molecular weight excluding hydrogens is 318 g/mol. The highest BCUT2D eigenvalue weighted by molar-refractivity contribution is 6.31. The number of nitrogens with zero attached hydrogens (tertiary/aromatic N) is 1. The third-order valence-electron chi connectivity index (χ3n) is 4.08. The van der Waals surface area contributed by atoms with E-state index in [1.165, 1.54) is 0 Å². The highest BCUT2D eigenvalue weighted by Gasteiger charge is 2.30. The van der Waals surface area contributed by atoms with Crippen LogP contribution < -0.4 is 4.74 Å². The fourth-order valence-corrected chi connectivity index (χ4v) is 3.18. The van der Waals surface area contributed by atoms with Crippen molar-refractivity contribution < 1.29 is 19.1 Å². The second-order valence-electron chi connectivity index (χ2n) is 5.62. The van der Waals surface area contributed by atoms with Gasteiger partial charge in [-0.15, -0.1) is 0 Å². The molecule has 0 aromatic heterocycles. The molecule has 0 bridgehead atoms. The Kier molecular flexibility index (Phi) is 5.88. The van der Waals surface area contributed by atoms with Crippen molar-refractivity contribution in [2.45, 2.75) is 26.7 Å². The van der Waals surface area contributed by atoms with Gasteiger partial charge in [0.2, 0.25) is 0 Å². The summed E-state index contributed by atoms with van der Waals surface area (Å²) in [6.07, 6.45) is 1.23. The van der Waals surface area contributed by atoms with Gasteiger partial charge in [0.25, 0.3) is 5.91 Å². The van der Waals surface area contributed by atoms with Gasteiger partial charge in [-0.05, 0) is 44.4 Å². The number of carbonyl (C=O) groups excluding carboxylic acids is 2. The van der Waals surface area contributed by atoms with Crippen molar-refractivity contribution in [2.75, 3.05) is 26.8 Å². The largest absolute Gasteiger partial charge is 0.496 e. The minimum absolute atomic E-state index is 0.116. The Labute approximate surface area is 141 Å². The number of amides is 1. The van der Waals surface area contributed by atoms with Crippen LogP contribution in [0, 0.1) is 12.8 Å². The molecule has 1 fully saturated rings. The molecule has 0 spiro atoms. The summed E-state index contributed by atoms with van der Waals surface area (Å²) < 4.78 is 10.4. The van der Waals surface area contributed by atoms with Crippen molar-refractivity contribution in [1.82, 2.24) is 4.90 Å². The zero-order valence-electron chi connectivity index (χ0n) is 13.7. The number of ether oxygens (including phenoxy) is 2. The standard InChI is InChI=1S/C17H22ClNO4/c1-4-23-17(21)12-5-7-19(8-6-12)16(20)14-10-13(18)9-11(2)15(14)22-3/h9-10,12H,4-8H2,1-3H3. The number of hydrogen-bond donors (Lipinski definition) is 0. The molecular formula is C17H22ClNO4. The van der Waals surface area contributed by atoms with Gasteiger partial charge < -0.3 is 14.4 Å². The summed E-state index contributed by atoms with van der Waals surface area (Å²) >= 11 is 6.07. The minimum Gasteiger partial charge on any atom is -0.496 e. The molecule has 1 heterocycles. The third-order valence-corrected chi connectivity index (χ3v) is 4.29. The zero-order chi connectivity index (χ0) is 17.0. The van der Waals surface area contributed by atoms with Crippen molar-refractivity contribution in [3.05, 3.63) is 28.3 Å². The zero-order valence-corrected chi connectivity index (χ0v) is 14.5. The van der Waals surface area contributed by atoms with Gasteiger partial charge in [0.1, 0.15) is 5.75 Å². The van der Waals surface area contributed by atoms with Crippen molar-refractivity contribution in [2.24, 2.45) is 5.92 Å². The van der Waals surface area contributed by atoms with Crippen LogP contribution in [0.3, 0.4) is 0 Å². The van der Waals surface area contributed by atoms with Crippen LogP contribution in [0.5, 0.6) is 5.75 Å². The highest BCUT2D eigenvalue weighted by Crippen LogP contribution is 2.30. The molecule has 0 saturated carbocycles. The normalized spacial score (nSPS) is 15.4. The van der Waals surface area contributed by atoms with Crippen molar-refractivity contribution in [3.63, 3.8) is 0 Å². The summed E-state index contributed by atoms with van der Waals surface area (Å²) in [5.74, 6) is 0.138. The molecule has 1 aliphatic rings. The molecule has 0 atom stereocenters. The molecule has 1 aromatic carbocycles. The SMILES string of the molecule is CCOC(=O)C1CCN(C(=O)c2cc(Cl)cc(C)c2OC)CC1. The topological polar surface area (TPSA) is 55.8 Å². The monoisotopic (exact) mass is 339 g/mol. The number of halogens is 1. The van der Waals surface area contributed by atoms with Crippen LogP contribution in [-0.4, -0.2) is 43.6 Å². The summed E-state index contributed by atoms with van der Waals surface area (Å²) in [5, 5.41) is 0.507. The van der Waals surface area contributed by atoms with Gasteiger partial charge in [0.05, 0.1) is 25.2 Å². The number of benzene rings is 1. The number of likely N-dealkylation sites (tertiary alicyclic amines) is 1. The molecule has 6 heteroatoms. The second-order valence-corrected chi connectivity index (χ2v) is 6.06. The maximum Gasteiger partial charge on any atom is 0.309 e. The van der Waals surface area contributed by atoms with Gasteiger partial charge in [0.15, 0.2) is 0 Å². The first-order valence-corrected chi connectivity index (χ1v) is 8.15. The van der Waals surface area contributed by atoms with E-state index < -0.39 is 0 Å². The molecule has 5 nitrogen and oxygen atoms in total. The van der Waals surface area contributed by atoms with E-state index in [9.17, 15) is 9.59 Å². The van der Waals surface area contributed by atoms with E-state index >= 15 is 0 Å². The van der Waals surface area contributed by atoms with Gasteiger partial charge in [-0.1, -0.05) is 11.6 Å². The van der Waals surface area contributed by atoms with E-state index in [4.69, 9.17) is 21.1 Å². The smallest absolute Gasteiger partial charge is 0.309 e. The fraction of sp³-hybridized carbons (Fsp3) is 0.529. The van der Waals surface area contributed by atoms with E-state index in [1.807, 2.05) is 6.92 Å². The van der Waals surface area contributed by atoms with Crippen molar-refractivity contribution in [1.29, 1.82) is 0 Å². The molecule has 0 unspecified atom stereocenters. The Morgan fingerprint density at radius 3 is 2.52 bits per heavy atom. The molecule has 0 radical (unpaired) electrons. The number of hydrogen-bond acceptors (Lipinski definition) is 4. The quantitative estimate of drug-likeness (QED) is 0.791. The molecule has 0 aliphatic carbocycles. The average Bonchev–Trinajstić information content (AvgIpc) is 2.54. The van der Waals surface area contributed by atoms with Crippen LogP contribution in [0.15, 0.2) is 12.1 Å². The van der Waals surface area contributed by atoms with Gasteiger partial charge in [-0.3, -0.25) is 9.59 Å². The number of esters is 1. The lowest BCUT2D eigenvalue weighted by atomic mass is 9.96. The number of carbonyl (C=O) groups is 2. The molecule has 2 rings (SSSR count). The first-order chi connectivity index (χ1) is 11.0. The Balaban J connectivity index is 2.10. The van der Waals surface area contributed by atoms with E-state index in [2.05, 4.69) is 0 Å². The first kappa shape index (κ1) is 17.6. The van der Waals surface area contributed by atoms with Crippen LogP contribution >= 0.6 is 11.6 Å². The van der Waals surface area contributed by atoms with Crippen LogP contribution in [-0.2, 0) is 9.53 Å². The average molecular weight is 340 g/mol. The molecule has 23 heavy (non-hydrogen) atoms. The van der Waals surface area contributed by atoms with Crippen molar-refractivity contribution in [3.8, 4) is 5.75 Å². The van der Waals surface area contributed by atoms with Gasteiger partial charge in [0, 0.05) is 18.1 Å². The van der Waals surface area contributed by atoms with E-state index in [0.717, 1.165) is 5.56 Å². The van der Waals surface area contributed by atoms with Gasteiger partial charge >= 0.3 is 5.97 Å². The predicted molar refractivity (Wildman–Crippen MR) is 88.0 cm³/mol. The molecule has 1 amide bonds. The lowest BCUT2D eigenvalue weighted by molar-refractivity contribution is -0.149. The van der Waals surface area contributed by atoms with Crippen molar-refractivity contribution >= 4 is 23.5 Å². The molecule has 0 N–H and O–H groups in total. The number of aryl methyl sites for hydroxylation is 1. The third kappa shape index (κ3) is 3.96. The second kappa shape index (κ2) is 7.68. The number of piperidine rings is 1. The lowest BCUT2D eigenvalue weighted by Gasteiger charge is -2.31. The first-order valence-electron chi connectivity index (χ1n) is 7.78. The Hall–Kier alpha value is -1.75. The Morgan fingerprint density at radius 2 is 1.96 bits per heavy atom. The summed E-state index contributed by atoms with van der Waals surface area (Å²) in [4.78, 5) is 26.3. The Morgan fingerprint density at radius 1 is 1.30 bits per heavy atom. The summed E-state index contributed by atoms with van der Waals surface area (Å²) in [6, 6.07) is 3.40. The molecule has 1 saturated heterocycles. The van der Waals surface area contributed by atoms with Crippen LogP contribution in [0.25, 0.3) is 0 Å². The summed E-state index contributed by atoms with van der Waals surface area (Å²) in [5.41, 5.74) is 1.29. The minimum atomic E-state index is -0.171. The maximum absolute atomic E-state index is 12.8. The van der Waals surface area contributed by atoms with Crippen LogP contribution in [0.2, 0.25) is 5.02 Å². The van der Waals surface area contributed by atoms with E-state index in [1.54, 1.807) is 31.1 Å². The number of methoxy groups -OCH3 is 1.